The Morgan fingerprint density at radius 1 is 1.26 bits per heavy atom. The van der Waals surface area contributed by atoms with Gasteiger partial charge in [-0.25, -0.2) is 0 Å². The topological polar surface area (TPSA) is 71.4 Å². The van der Waals surface area contributed by atoms with Crippen LogP contribution in [0.1, 0.15) is 23.6 Å². The number of thioether (sulfide) groups is 1. The first-order chi connectivity index (χ1) is 13.0. The molecular formula is C20H19IN2O3S. The number of nitrogens with one attached hydrogen (secondary N) is 2. The van der Waals surface area contributed by atoms with E-state index in [4.69, 9.17) is 14.9 Å². The number of halogens is 1. The first-order valence-electron chi connectivity index (χ1n) is 8.41. The third-order valence-electron chi connectivity index (χ3n) is 3.93. The fraction of sp³-hybridized carbons (Fsp3) is 0.200. The fourth-order valence-corrected chi connectivity index (χ4v) is 4.07. The maximum atomic E-state index is 11.8. The lowest BCUT2D eigenvalue weighted by molar-refractivity contribution is -0.115. The quantitative estimate of drug-likeness (QED) is 0.451. The number of carbonyl (C=O) groups is 1. The van der Waals surface area contributed by atoms with Gasteiger partial charge >= 0.3 is 0 Å². The van der Waals surface area contributed by atoms with Crippen molar-refractivity contribution < 1.29 is 14.3 Å². The van der Waals surface area contributed by atoms with Crippen LogP contribution in [0.25, 0.3) is 6.08 Å². The third-order valence-corrected chi connectivity index (χ3v) is 5.56. The number of carbonyl (C=O) groups excluding carboxylic acids is 1. The summed E-state index contributed by atoms with van der Waals surface area (Å²) in [6.07, 6.45) is 1.76. The second-order valence-electron chi connectivity index (χ2n) is 5.87. The Labute approximate surface area is 176 Å². The molecular weight excluding hydrogens is 475 g/mol. The zero-order valence-corrected chi connectivity index (χ0v) is 17.9. The number of hydrogen-bond donors (Lipinski definition) is 2. The van der Waals surface area contributed by atoms with Gasteiger partial charge in [0, 0.05) is 0 Å². The minimum Gasteiger partial charge on any atom is -0.490 e. The van der Waals surface area contributed by atoms with Gasteiger partial charge in [0.25, 0.3) is 5.91 Å². The Bertz CT molecular complexity index is 927. The van der Waals surface area contributed by atoms with Gasteiger partial charge in [-0.1, -0.05) is 24.3 Å². The summed E-state index contributed by atoms with van der Waals surface area (Å²) < 4.78 is 12.8. The molecule has 0 bridgehead atoms. The van der Waals surface area contributed by atoms with E-state index in [1.807, 2.05) is 37.3 Å². The van der Waals surface area contributed by atoms with Crippen molar-refractivity contribution in [1.29, 1.82) is 5.41 Å². The summed E-state index contributed by atoms with van der Waals surface area (Å²) in [6, 6.07) is 11.9. The lowest BCUT2D eigenvalue weighted by atomic mass is 10.1. The van der Waals surface area contributed by atoms with Gasteiger partial charge in [0.1, 0.15) is 6.61 Å². The molecule has 1 amide bonds. The number of amides is 1. The molecule has 2 aromatic rings. The lowest BCUT2D eigenvalue weighted by Gasteiger charge is -2.15. The van der Waals surface area contributed by atoms with Crippen molar-refractivity contribution >= 4 is 51.5 Å². The van der Waals surface area contributed by atoms with Gasteiger partial charge < -0.3 is 14.8 Å². The Kier molecular flexibility index (Phi) is 6.43. The smallest absolute Gasteiger partial charge is 0.264 e. The monoisotopic (exact) mass is 494 g/mol. The first kappa shape index (κ1) is 19.8. The molecule has 1 aliphatic rings. The van der Waals surface area contributed by atoms with E-state index < -0.39 is 0 Å². The number of aryl methyl sites for hydroxylation is 1. The molecule has 3 rings (SSSR count). The van der Waals surface area contributed by atoms with Crippen molar-refractivity contribution in [3.63, 3.8) is 0 Å². The molecule has 0 spiro atoms. The van der Waals surface area contributed by atoms with E-state index in [1.54, 1.807) is 6.08 Å². The van der Waals surface area contributed by atoms with Gasteiger partial charge in [0.15, 0.2) is 16.7 Å². The summed E-state index contributed by atoms with van der Waals surface area (Å²) in [6.45, 7) is 4.95. The number of rotatable bonds is 6. The highest BCUT2D eigenvalue weighted by Crippen LogP contribution is 2.36. The molecule has 0 radical (unpaired) electrons. The summed E-state index contributed by atoms with van der Waals surface area (Å²) in [7, 11) is 0. The third kappa shape index (κ3) is 4.84. The molecule has 1 aliphatic heterocycles. The van der Waals surface area contributed by atoms with Crippen molar-refractivity contribution in [3.05, 3.63) is 61.6 Å². The Balaban J connectivity index is 1.88. The highest BCUT2D eigenvalue weighted by atomic mass is 127. The van der Waals surface area contributed by atoms with Gasteiger partial charge in [-0.2, -0.15) is 0 Å². The molecule has 7 heteroatoms. The average molecular weight is 494 g/mol. The molecule has 0 atom stereocenters. The predicted molar refractivity (Wildman–Crippen MR) is 117 cm³/mol. The lowest BCUT2D eigenvalue weighted by Crippen LogP contribution is -2.18. The molecule has 140 valence electrons. The van der Waals surface area contributed by atoms with E-state index in [0.717, 1.165) is 26.5 Å². The van der Waals surface area contributed by atoms with E-state index in [9.17, 15) is 4.79 Å². The highest BCUT2D eigenvalue weighted by Gasteiger charge is 2.22. The zero-order chi connectivity index (χ0) is 19.4. The van der Waals surface area contributed by atoms with Crippen LogP contribution < -0.4 is 14.8 Å². The van der Waals surface area contributed by atoms with Crippen LogP contribution in [0.2, 0.25) is 0 Å². The van der Waals surface area contributed by atoms with Crippen LogP contribution >= 0.6 is 34.4 Å². The van der Waals surface area contributed by atoms with Crippen LogP contribution in [0.3, 0.4) is 0 Å². The van der Waals surface area contributed by atoms with Crippen LogP contribution in [0.15, 0.2) is 41.3 Å². The minimum absolute atomic E-state index is 0.143. The standard InChI is InChI=1S/C20H19IN2O3S/c1-3-25-16-9-13(10-17-19(24)23-20(22)27-17)8-15(21)18(16)26-11-14-7-5-4-6-12(14)2/h4-10H,3,11H2,1-2H3,(H2,22,23,24). The van der Waals surface area contributed by atoms with Crippen LogP contribution in [0, 0.1) is 15.9 Å². The Morgan fingerprint density at radius 3 is 2.70 bits per heavy atom. The van der Waals surface area contributed by atoms with Crippen LogP contribution in [-0.4, -0.2) is 17.7 Å². The fourth-order valence-electron chi connectivity index (χ4n) is 2.59. The predicted octanol–water partition coefficient (Wildman–Crippen LogP) is 4.72. The molecule has 1 saturated heterocycles. The minimum atomic E-state index is -0.252. The second-order valence-corrected chi connectivity index (χ2v) is 8.09. The second kappa shape index (κ2) is 8.79. The van der Waals surface area contributed by atoms with Crippen molar-refractivity contribution in [3.8, 4) is 11.5 Å². The van der Waals surface area contributed by atoms with E-state index in [2.05, 4.69) is 40.9 Å². The van der Waals surface area contributed by atoms with Gasteiger partial charge in [-0.3, -0.25) is 10.2 Å². The molecule has 27 heavy (non-hydrogen) atoms. The number of hydrogen-bond acceptors (Lipinski definition) is 5. The van der Waals surface area contributed by atoms with Crippen molar-refractivity contribution in [2.75, 3.05) is 6.61 Å². The number of ether oxygens (including phenoxy) is 2. The molecule has 0 saturated carbocycles. The Hall–Kier alpha value is -2.00. The van der Waals surface area contributed by atoms with Crippen molar-refractivity contribution in [1.82, 2.24) is 5.32 Å². The van der Waals surface area contributed by atoms with Crippen LogP contribution in [-0.2, 0) is 11.4 Å². The molecule has 2 aromatic carbocycles. The highest BCUT2D eigenvalue weighted by molar-refractivity contribution is 14.1. The molecule has 5 nitrogen and oxygen atoms in total. The summed E-state index contributed by atoms with van der Waals surface area (Å²) >= 11 is 3.33. The van der Waals surface area contributed by atoms with Gasteiger partial charge in [-0.05, 0) is 83.1 Å². The summed E-state index contributed by atoms with van der Waals surface area (Å²) in [5.41, 5.74) is 3.14. The Morgan fingerprint density at radius 2 is 2.04 bits per heavy atom. The largest absolute Gasteiger partial charge is 0.490 e. The van der Waals surface area contributed by atoms with Crippen LogP contribution in [0.4, 0.5) is 0 Å². The molecule has 1 heterocycles. The van der Waals surface area contributed by atoms with Crippen LogP contribution in [0.5, 0.6) is 11.5 Å². The van der Waals surface area contributed by atoms with Crippen molar-refractivity contribution in [2.24, 2.45) is 0 Å². The van der Waals surface area contributed by atoms with Crippen molar-refractivity contribution in [2.45, 2.75) is 20.5 Å². The van der Waals surface area contributed by atoms with Gasteiger partial charge in [-0.15, -0.1) is 0 Å². The van der Waals surface area contributed by atoms with E-state index in [0.29, 0.717) is 29.6 Å². The van der Waals surface area contributed by atoms with E-state index >= 15 is 0 Å². The summed E-state index contributed by atoms with van der Waals surface area (Å²) in [4.78, 5) is 12.3. The zero-order valence-electron chi connectivity index (χ0n) is 15.0. The molecule has 2 N–H and O–H groups in total. The van der Waals surface area contributed by atoms with E-state index in [1.165, 1.54) is 5.56 Å². The maximum Gasteiger partial charge on any atom is 0.264 e. The van der Waals surface area contributed by atoms with E-state index in [-0.39, 0.29) is 11.1 Å². The molecule has 0 aromatic heterocycles. The normalized spacial score (nSPS) is 15.1. The molecule has 1 fully saturated rings. The number of amidine groups is 1. The summed E-state index contributed by atoms with van der Waals surface area (Å²) in [5, 5.41) is 10.2. The number of benzene rings is 2. The SMILES string of the molecule is CCOc1cc(C=C2SC(=N)NC2=O)cc(I)c1OCc1ccccc1C. The van der Waals surface area contributed by atoms with Gasteiger partial charge in [0.2, 0.25) is 0 Å². The average Bonchev–Trinajstić information content (AvgIpc) is 2.93. The van der Waals surface area contributed by atoms with Gasteiger partial charge in [0.05, 0.1) is 15.1 Å². The first-order valence-corrected chi connectivity index (χ1v) is 10.3. The molecule has 0 aliphatic carbocycles. The molecule has 0 unspecified atom stereocenters. The summed E-state index contributed by atoms with van der Waals surface area (Å²) in [5.74, 6) is 1.08. The maximum absolute atomic E-state index is 11.8.